The van der Waals surface area contributed by atoms with E-state index in [0.717, 1.165) is 5.56 Å². The molecule has 1 aliphatic heterocycles. The van der Waals surface area contributed by atoms with E-state index >= 15 is 0 Å². The Bertz CT molecular complexity index is 988. The minimum absolute atomic E-state index is 0.104. The second kappa shape index (κ2) is 9.39. The maximum atomic E-state index is 13.0. The summed E-state index contributed by atoms with van der Waals surface area (Å²) in [5.74, 6) is 0.631. The van der Waals surface area contributed by atoms with Crippen LogP contribution in [0.2, 0.25) is 0 Å². The molecule has 0 saturated carbocycles. The van der Waals surface area contributed by atoms with Gasteiger partial charge in [-0.3, -0.25) is 9.59 Å². The summed E-state index contributed by atoms with van der Waals surface area (Å²) in [5, 5.41) is 8.91. The Morgan fingerprint density at radius 2 is 1.74 bits per heavy atom. The van der Waals surface area contributed by atoms with Gasteiger partial charge in [-0.2, -0.15) is 5.26 Å². The molecule has 31 heavy (non-hydrogen) atoms. The van der Waals surface area contributed by atoms with Gasteiger partial charge in [0, 0.05) is 38.7 Å². The van der Waals surface area contributed by atoms with Crippen LogP contribution in [0.1, 0.15) is 17.5 Å². The molecule has 8 nitrogen and oxygen atoms in total. The molecule has 1 unspecified atom stereocenters. The van der Waals surface area contributed by atoms with E-state index in [1.807, 2.05) is 12.1 Å². The SMILES string of the molecule is COc1cc(N2CC(C(=O)N(C)Cc3ccc(C#N)cc3)CC2=O)cc(OC)c1OC. The van der Waals surface area contributed by atoms with Gasteiger partial charge >= 0.3 is 0 Å². The summed E-state index contributed by atoms with van der Waals surface area (Å²) < 4.78 is 16.1. The van der Waals surface area contributed by atoms with E-state index < -0.39 is 5.92 Å². The summed E-state index contributed by atoms with van der Waals surface area (Å²) in [5.41, 5.74) is 2.07. The van der Waals surface area contributed by atoms with E-state index in [9.17, 15) is 9.59 Å². The van der Waals surface area contributed by atoms with Gasteiger partial charge in [0.15, 0.2) is 11.5 Å². The molecule has 0 bridgehead atoms. The number of carbonyl (C=O) groups excluding carboxylic acids is 2. The molecule has 2 amide bonds. The Kier molecular flexibility index (Phi) is 6.65. The quantitative estimate of drug-likeness (QED) is 0.680. The molecule has 0 aromatic heterocycles. The fourth-order valence-corrected chi connectivity index (χ4v) is 3.69. The van der Waals surface area contributed by atoms with Crippen molar-refractivity contribution in [2.24, 2.45) is 5.92 Å². The van der Waals surface area contributed by atoms with E-state index in [1.165, 1.54) is 21.3 Å². The van der Waals surface area contributed by atoms with Crippen LogP contribution in [-0.2, 0) is 16.1 Å². The Morgan fingerprint density at radius 3 is 2.26 bits per heavy atom. The number of amides is 2. The van der Waals surface area contributed by atoms with E-state index in [2.05, 4.69) is 6.07 Å². The zero-order valence-corrected chi connectivity index (χ0v) is 18.0. The van der Waals surface area contributed by atoms with Crippen molar-refractivity contribution < 1.29 is 23.8 Å². The lowest BCUT2D eigenvalue weighted by Gasteiger charge is -2.22. The monoisotopic (exact) mass is 423 g/mol. The summed E-state index contributed by atoms with van der Waals surface area (Å²) in [6.07, 6.45) is 0.132. The van der Waals surface area contributed by atoms with Gasteiger partial charge < -0.3 is 24.0 Å². The smallest absolute Gasteiger partial charge is 0.228 e. The van der Waals surface area contributed by atoms with Gasteiger partial charge in [0.1, 0.15) is 0 Å². The molecule has 1 heterocycles. The molecule has 3 rings (SSSR count). The first-order valence-corrected chi connectivity index (χ1v) is 9.76. The molecule has 0 radical (unpaired) electrons. The summed E-state index contributed by atoms with van der Waals surface area (Å²) in [7, 11) is 6.25. The van der Waals surface area contributed by atoms with Crippen molar-refractivity contribution in [3.63, 3.8) is 0 Å². The van der Waals surface area contributed by atoms with Crippen LogP contribution in [0.3, 0.4) is 0 Å². The van der Waals surface area contributed by atoms with Crippen molar-refractivity contribution in [3.05, 3.63) is 47.5 Å². The number of methoxy groups -OCH3 is 3. The highest BCUT2D eigenvalue weighted by atomic mass is 16.5. The number of anilines is 1. The van der Waals surface area contributed by atoms with Crippen molar-refractivity contribution in [3.8, 4) is 23.3 Å². The number of carbonyl (C=O) groups is 2. The van der Waals surface area contributed by atoms with Gasteiger partial charge in [0.2, 0.25) is 17.6 Å². The number of nitrogens with zero attached hydrogens (tertiary/aromatic N) is 3. The first-order chi connectivity index (χ1) is 14.9. The maximum absolute atomic E-state index is 13.0. The van der Waals surface area contributed by atoms with Gasteiger partial charge in [-0.05, 0) is 17.7 Å². The molecule has 162 valence electrons. The van der Waals surface area contributed by atoms with Crippen LogP contribution < -0.4 is 19.1 Å². The number of ether oxygens (including phenoxy) is 3. The second-order valence-corrected chi connectivity index (χ2v) is 7.29. The first kappa shape index (κ1) is 22.0. The van der Waals surface area contributed by atoms with E-state index in [-0.39, 0.29) is 24.8 Å². The lowest BCUT2D eigenvalue weighted by Crippen LogP contribution is -2.34. The molecule has 8 heteroatoms. The zero-order valence-electron chi connectivity index (χ0n) is 18.0. The average Bonchev–Trinajstić information content (AvgIpc) is 3.19. The van der Waals surface area contributed by atoms with Crippen molar-refractivity contribution in [2.45, 2.75) is 13.0 Å². The minimum atomic E-state index is -0.449. The van der Waals surface area contributed by atoms with Crippen molar-refractivity contribution in [1.29, 1.82) is 5.26 Å². The van der Waals surface area contributed by atoms with Crippen LogP contribution in [0.5, 0.6) is 17.2 Å². The zero-order chi connectivity index (χ0) is 22.5. The minimum Gasteiger partial charge on any atom is -0.493 e. The van der Waals surface area contributed by atoms with Crippen molar-refractivity contribution in [2.75, 3.05) is 39.8 Å². The highest BCUT2D eigenvalue weighted by Gasteiger charge is 2.37. The summed E-state index contributed by atoms with van der Waals surface area (Å²) in [6, 6.07) is 12.6. The predicted molar refractivity (Wildman–Crippen MR) is 114 cm³/mol. The first-order valence-electron chi connectivity index (χ1n) is 9.76. The van der Waals surface area contributed by atoms with Crippen LogP contribution in [0.25, 0.3) is 0 Å². The third-order valence-electron chi connectivity index (χ3n) is 5.31. The largest absolute Gasteiger partial charge is 0.493 e. The van der Waals surface area contributed by atoms with E-state index in [1.54, 1.807) is 41.1 Å². The molecule has 0 N–H and O–H groups in total. The molecule has 1 aliphatic rings. The summed E-state index contributed by atoms with van der Waals surface area (Å²) >= 11 is 0. The van der Waals surface area contributed by atoms with Crippen LogP contribution in [0.4, 0.5) is 5.69 Å². The third-order valence-corrected chi connectivity index (χ3v) is 5.31. The molecule has 0 spiro atoms. The lowest BCUT2D eigenvalue weighted by atomic mass is 10.1. The number of hydrogen-bond acceptors (Lipinski definition) is 6. The third kappa shape index (κ3) is 4.56. The maximum Gasteiger partial charge on any atom is 0.228 e. The molecule has 1 saturated heterocycles. The van der Waals surface area contributed by atoms with Crippen LogP contribution in [-0.4, -0.2) is 51.6 Å². The van der Waals surface area contributed by atoms with Gasteiger partial charge in [-0.1, -0.05) is 12.1 Å². The normalized spacial score (nSPS) is 15.4. The molecular formula is C23H25N3O5. The fourth-order valence-electron chi connectivity index (χ4n) is 3.69. The van der Waals surface area contributed by atoms with Gasteiger partial charge in [-0.25, -0.2) is 0 Å². The van der Waals surface area contributed by atoms with Gasteiger partial charge in [0.05, 0.1) is 44.6 Å². The summed E-state index contributed by atoms with van der Waals surface area (Å²) in [4.78, 5) is 28.9. The molecular weight excluding hydrogens is 398 g/mol. The van der Waals surface area contributed by atoms with Crippen LogP contribution in [0.15, 0.2) is 36.4 Å². The van der Waals surface area contributed by atoms with Crippen molar-refractivity contribution in [1.82, 2.24) is 4.90 Å². The molecule has 2 aromatic rings. The van der Waals surface area contributed by atoms with E-state index in [0.29, 0.717) is 35.0 Å². The van der Waals surface area contributed by atoms with Gasteiger partial charge in [0.25, 0.3) is 0 Å². The number of benzene rings is 2. The Hall–Kier alpha value is -3.73. The number of rotatable bonds is 7. The van der Waals surface area contributed by atoms with E-state index in [4.69, 9.17) is 19.5 Å². The second-order valence-electron chi connectivity index (χ2n) is 7.29. The molecule has 1 atom stereocenters. The predicted octanol–water partition coefficient (Wildman–Crippen LogP) is 2.60. The molecule has 1 fully saturated rings. The highest BCUT2D eigenvalue weighted by molar-refractivity contribution is 6.00. The Morgan fingerprint density at radius 1 is 1.13 bits per heavy atom. The topological polar surface area (TPSA) is 92.1 Å². The number of nitriles is 1. The Balaban J connectivity index is 1.74. The molecule has 2 aromatic carbocycles. The Labute approximate surface area is 181 Å². The lowest BCUT2D eigenvalue weighted by molar-refractivity contribution is -0.135. The van der Waals surface area contributed by atoms with Crippen molar-refractivity contribution >= 4 is 17.5 Å². The highest BCUT2D eigenvalue weighted by Crippen LogP contribution is 2.42. The number of hydrogen-bond donors (Lipinski definition) is 0. The van der Waals surface area contributed by atoms with Crippen LogP contribution in [0, 0.1) is 17.2 Å². The summed E-state index contributed by atoms with van der Waals surface area (Å²) in [6.45, 7) is 0.674. The molecule has 0 aliphatic carbocycles. The van der Waals surface area contributed by atoms with Gasteiger partial charge in [-0.15, -0.1) is 0 Å². The standard InChI is InChI=1S/C23H25N3O5/c1-25(13-16-7-5-15(12-24)6-8-16)23(28)17-9-21(27)26(14-17)18-10-19(29-2)22(31-4)20(11-18)30-3/h5-8,10-11,17H,9,13-14H2,1-4H3. The van der Waals surface area contributed by atoms with Crippen LogP contribution >= 0.6 is 0 Å². The fraction of sp³-hybridized carbons (Fsp3) is 0.348. The average molecular weight is 423 g/mol.